The number of carbonyl (C=O) groups excluding carboxylic acids is 1. The number of carbonyl (C=O) groups is 1. The van der Waals surface area contributed by atoms with E-state index in [9.17, 15) is 9.90 Å². The van der Waals surface area contributed by atoms with Crippen molar-refractivity contribution in [3.05, 3.63) is 48.8 Å². The van der Waals surface area contributed by atoms with Crippen LogP contribution in [0.2, 0.25) is 0 Å². The van der Waals surface area contributed by atoms with Crippen LogP contribution >= 0.6 is 0 Å². The fraction of sp³-hybridized carbons (Fsp3) is 0.294. The zero-order chi connectivity index (χ0) is 15.4. The molecule has 2 aromatic rings. The van der Waals surface area contributed by atoms with Gasteiger partial charge in [0.2, 0.25) is 0 Å². The van der Waals surface area contributed by atoms with E-state index in [2.05, 4.69) is 10.3 Å². The van der Waals surface area contributed by atoms with Crippen LogP contribution in [0.25, 0.3) is 0 Å². The van der Waals surface area contributed by atoms with Crippen molar-refractivity contribution in [1.82, 2.24) is 4.98 Å². The lowest BCUT2D eigenvalue weighted by atomic mass is 10.0. The molecular weight excluding hydrogens is 280 g/mol. The van der Waals surface area contributed by atoms with Gasteiger partial charge in [0.1, 0.15) is 17.1 Å². The van der Waals surface area contributed by atoms with Gasteiger partial charge in [-0.3, -0.25) is 9.78 Å². The maximum absolute atomic E-state index is 12.1. The number of aliphatic hydroxyl groups is 1. The molecule has 1 fully saturated rings. The lowest BCUT2D eigenvalue weighted by Gasteiger charge is -2.20. The summed E-state index contributed by atoms with van der Waals surface area (Å²) >= 11 is 0. The molecule has 1 amide bonds. The third-order valence-corrected chi connectivity index (χ3v) is 3.85. The van der Waals surface area contributed by atoms with Crippen LogP contribution in [0.5, 0.6) is 11.5 Å². The largest absolute Gasteiger partial charge is 0.457 e. The molecule has 5 heteroatoms. The molecule has 3 rings (SSSR count). The standard InChI is InChI=1S/C17H18N2O3/c20-16(17(21)9-1-2-10-17)19-13-3-5-14(6-4-13)22-15-7-11-18-12-8-15/h3-8,11-12,21H,1-2,9-10H2,(H,19,20). The van der Waals surface area contributed by atoms with Gasteiger partial charge < -0.3 is 15.2 Å². The van der Waals surface area contributed by atoms with Crippen LogP contribution in [0, 0.1) is 0 Å². The highest BCUT2D eigenvalue weighted by molar-refractivity contribution is 5.97. The van der Waals surface area contributed by atoms with Gasteiger partial charge in [0, 0.05) is 18.1 Å². The van der Waals surface area contributed by atoms with Crippen LogP contribution < -0.4 is 10.1 Å². The van der Waals surface area contributed by atoms with Crippen LogP contribution in [-0.2, 0) is 4.79 Å². The summed E-state index contributed by atoms with van der Waals surface area (Å²) < 4.78 is 5.66. The molecule has 0 spiro atoms. The Hall–Kier alpha value is -2.40. The molecule has 22 heavy (non-hydrogen) atoms. The smallest absolute Gasteiger partial charge is 0.256 e. The molecule has 1 saturated carbocycles. The van der Waals surface area contributed by atoms with E-state index < -0.39 is 5.60 Å². The highest BCUT2D eigenvalue weighted by Gasteiger charge is 2.38. The van der Waals surface area contributed by atoms with E-state index >= 15 is 0 Å². The molecule has 0 radical (unpaired) electrons. The van der Waals surface area contributed by atoms with E-state index in [1.165, 1.54) is 0 Å². The maximum Gasteiger partial charge on any atom is 0.256 e. The number of nitrogens with zero attached hydrogens (tertiary/aromatic N) is 1. The minimum atomic E-state index is -1.22. The Morgan fingerprint density at radius 1 is 1.05 bits per heavy atom. The summed E-state index contributed by atoms with van der Waals surface area (Å²) in [6.45, 7) is 0. The van der Waals surface area contributed by atoms with Crippen LogP contribution in [0.1, 0.15) is 25.7 Å². The van der Waals surface area contributed by atoms with Crippen molar-refractivity contribution >= 4 is 11.6 Å². The first-order chi connectivity index (χ1) is 10.7. The van der Waals surface area contributed by atoms with Crippen molar-refractivity contribution < 1.29 is 14.6 Å². The van der Waals surface area contributed by atoms with E-state index in [1.54, 1.807) is 48.8 Å². The maximum atomic E-state index is 12.1. The quantitative estimate of drug-likeness (QED) is 0.909. The van der Waals surface area contributed by atoms with Crippen LogP contribution in [0.15, 0.2) is 48.8 Å². The molecule has 5 nitrogen and oxygen atoms in total. The summed E-state index contributed by atoms with van der Waals surface area (Å²) in [5.41, 5.74) is -0.570. The summed E-state index contributed by atoms with van der Waals surface area (Å²) in [5.74, 6) is 1.05. The average Bonchev–Trinajstić information content (AvgIpc) is 2.98. The number of ether oxygens (including phenoxy) is 1. The first-order valence-corrected chi connectivity index (χ1v) is 7.37. The van der Waals surface area contributed by atoms with E-state index in [1.807, 2.05) is 0 Å². The number of amides is 1. The molecule has 0 unspecified atom stereocenters. The number of pyridine rings is 1. The molecule has 1 heterocycles. The molecule has 1 aliphatic rings. The molecule has 0 bridgehead atoms. The Kier molecular flexibility index (Phi) is 4.06. The number of hydrogen-bond donors (Lipinski definition) is 2. The van der Waals surface area contributed by atoms with Gasteiger partial charge in [0.05, 0.1) is 0 Å². The monoisotopic (exact) mass is 298 g/mol. The Labute approximate surface area is 129 Å². The van der Waals surface area contributed by atoms with Gasteiger partial charge in [-0.05, 0) is 62.1 Å². The van der Waals surface area contributed by atoms with Gasteiger partial charge in [-0.15, -0.1) is 0 Å². The summed E-state index contributed by atoms with van der Waals surface area (Å²) in [7, 11) is 0. The molecular formula is C17H18N2O3. The lowest BCUT2D eigenvalue weighted by Crippen LogP contribution is -2.40. The highest BCUT2D eigenvalue weighted by Crippen LogP contribution is 2.31. The third kappa shape index (κ3) is 3.26. The first kappa shape index (κ1) is 14.5. The zero-order valence-corrected chi connectivity index (χ0v) is 12.2. The second-order valence-electron chi connectivity index (χ2n) is 5.50. The summed E-state index contributed by atoms with van der Waals surface area (Å²) in [5, 5.41) is 13.0. The van der Waals surface area contributed by atoms with E-state index in [-0.39, 0.29) is 5.91 Å². The molecule has 1 aliphatic carbocycles. The molecule has 1 aromatic carbocycles. The van der Waals surface area contributed by atoms with Gasteiger partial charge in [-0.1, -0.05) is 0 Å². The van der Waals surface area contributed by atoms with Gasteiger partial charge in [0.15, 0.2) is 0 Å². The lowest BCUT2D eigenvalue weighted by molar-refractivity contribution is -0.133. The number of hydrogen-bond acceptors (Lipinski definition) is 4. The number of nitrogens with one attached hydrogen (secondary N) is 1. The second kappa shape index (κ2) is 6.15. The van der Waals surface area contributed by atoms with Gasteiger partial charge >= 0.3 is 0 Å². The van der Waals surface area contributed by atoms with Crippen molar-refractivity contribution in [2.45, 2.75) is 31.3 Å². The summed E-state index contributed by atoms with van der Waals surface area (Å²) in [6, 6.07) is 10.6. The zero-order valence-electron chi connectivity index (χ0n) is 12.2. The summed E-state index contributed by atoms with van der Waals surface area (Å²) in [4.78, 5) is 16.0. The van der Waals surface area contributed by atoms with Crippen LogP contribution in [0.3, 0.4) is 0 Å². The van der Waals surface area contributed by atoms with E-state index in [0.29, 0.717) is 30.0 Å². The van der Waals surface area contributed by atoms with Crippen molar-refractivity contribution in [3.63, 3.8) is 0 Å². The van der Waals surface area contributed by atoms with Gasteiger partial charge in [-0.2, -0.15) is 0 Å². The summed E-state index contributed by atoms with van der Waals surface area (Å²) in [6.07, 6.45) is 6.16. The molecule has 0 aliphatic heterocycles. The van der Waals surface area contributed by atoms with E-state index in [0.717, 1.165) is 12.8 Å². The topological polar surface area (TPSA) is 71.5 Å². The Bertz CT molecular complexity index is 635. The van der Waals surface area contributed by atoms with Gasteiger partial charge in [0.25, 0.3) is 5.91 Å². The third-order valence-electron chi connectivity index (χ3n) is 3.85. The van der Waals surface area contributed by atoms with Crippen LogP contribution in [0.4, 0.5) is 5.69 Å². The predicted octanol–water partition coefficient (Wildman–Crippen LogP) is 3.12. The minimum Gasteiger partial charge on any atom is -0.457 e. The van der Waals surface area contributed by atoms with Crippen molar-refractivity contribution in [3.8, 4) is 11.5 Å². The molecule has 0 atom stereocenters. The molecule has 2 N–H and O–H groups in total. The second-order valence-corrected chi connectivity index (χ2v) is 5.50. The molecule has 0 saturated heterocycles. The first-order valence-electron chi connectivity index (χ1n) is 7.37. The van der Waals surface area contributed by atoms with Crippen molar-refractivity contribution in [2.24, 2.45) is 0 Å². The van der Waals surface area contributed by atoms with Crippen molar-refractivity contribution in [1.29, 1.82) is 0 Å². The minimum absolute atomic E-state index is 0.326. The number of aromatic nitrogens is 1. The number of benzene rings is 1. The van der Waals surface area contributed by atoms with Crippen molar-refractivity contribution in [2.75, 3.05) is 5.32 Å². The highest BCUT2D eigenvalue weighted by atomic mass is 16.5. The predicted molar refractivity (Wildman–Crippen MR) is 82.8 cm³/mol. The molecule has 1 aromatic heterocycles. The number of rotatable bonds is 4. The fourth-order valence-electron chi connectivity index (χ4n) is 2.58. The fourth-order valence-corrected chi connectivity index (χ4v) is 2.58. The van der Waals surface area contributed by atoms with Gasteiger partial charge in [-0.25, -0.2) is 0 Å². The van der Waals surface area contributed by atoms with Crippen LogP contribution in [-0.4, -0.2) is 21.6 Å². The Morgan fingerprint density at radius 3 is 2.27 bits per heavy atom. The Morgan fingerprint density at radius 2 is 1.64 bits per heavy atom. The normalized spacial score (nSPS) is 16.2. The Balaban J connectivity index is 1.63. The SMILES string of the molecule is O=C(Nc1ccc(Oc2ccncc2)cc1)C1(O)CCCC1. The average molecular weight is 298 g/mol. The number of anilines is 1. The van der Waals surface area contributed by atoms with E-state index in [4.69, 9.17) is 4.74 Å². The molecule has 114 valence electrons.